The average Bonchev–Trinajstić information content (AvgIpc) is 2.98. The van der Waals surface area contributed by atoms with Gasteiger partial charge in [-0.05, 0) is 31.3 Å². The molecule has 28 heavy (non-hydrogen) atoms. The summed E-state index contributed by atoms with van der Waals surface area (Å²) in [4.78, 5) is 14.4. The standard InChI is InChI=1S/C21H23FN4O2/c1-3-25(4-2)13-14-26-18-12-8-6-10-16(18)19(21(26)28)23-24-20(27)15-9-5-7-11-17(15)22/h5-12,28H,3-4,13-14H2,1-2H3. The van der Waals surface area contributed by atoms with E-state index in [0.29, 0.717) is 11.9 Å². The summed E-state index contributed by atoms with van der Waals surface area (Å²) in [6.07, 6.45) is 0. The zero-order valence-electron chi connectivity index (χ0n) is 16.0. The molecular formula is C21H23FN4O2. The number of likely N-dealkylation sites (N-methyl/N-ethyl adjacent to an activating group) is 1. The number of azo groups is 1. The molecule has 0 saturated heterocycles. The maximum absolute atomic E-state index is 13.8. The molecule has 0 aliphatic rings. The van der Waals surface area contributed by atoms with E-state index in [9.17, 15) is 14.3 Å². The molecule has 7 heteroatoms. The van der Waals surface area contributed by atoms with Crippen molar-refractivity contribution in [3.05, 3.63) is 59.9 Å². The molecule has 1 N–H and O–H groups in total. The second-order valence-electron chi connectivity index (χ2n) is 6.35. The van der Waals surface area contributed by atoms with Gasteiger partial charge in [0.1, 0.15) is 5.82 Å². The molecule has 0 spiro atoms. The van der Waals surface area contributed by atoms with Crippen LogP contribution in [0.25, 0.3) is 10.9 Å². The summed E-state index contributed by atoms with van der Waals surface area (Å²) in [7, 11) is 0. The van der Waals surface area contributed by atoms with Gasteiger partial charge in [-0.2, -0.15) is 0 Å². The van der Waals surface area contributed by atoms with Gasteiger partial charge in [-0.25, -0.2) is 4.39 Å². The topological polar surface area (TPSA) is 70.2 Å². The fourth-order valence-electron chi connectivity index (χ4n) is 3.16. The van der Waals surface area contributed by atoms with Gasteiger partial charge in [-0.3, -0.25) is 4.79 Å². The second kappa shape index (κ2) is 8.75. The van der Waals surface area contributed by atoms with E-state index in [2.05, 4.69) is 29.0 Å². The highest BCUT2D eigenvalue weighted by Crippen LogP contribution is 2.38. The highest BCUT2D eigenvalue weighted by atomic mass is 19.1. The van der Waals surface area contributed by atoms with E-state index in [-0.39, 0.29) is 17.1 Å². The van der Waals surface area contributed by atoms with Gasteiger partial charge in [0.05, 0.1) is 11.1 Å². The van der Waals surface area contributed by atoms with Crippen LogP contribution in [-0.2, 0) is 6.54 Å². The molecule has 0 saturated carbocycles. The third-order valence-corrected chi connectivity index (χ3v) is 4.80. The van der Waals surface area contributed by atoms with Gasteiger partial charge in [-0.15, -0.1) is 10.2 Å². The van der Waals surface area contributed by atoms with Crippen LogP contribution in [0.4, 0.5) is 10.1 Å². The van der Waals surface area contributed by atoms with Crippen molar-refractivity contribution in [2.45, 2.75) is 20.4 Å². The summed E-state index contributed by atoms with van der Waals surface area (Å²) in [5.41, 5.74) is 0.857. The third kappa shape index (κ3) is 3.94. The number of amides is 1. The van der Waals surface area contributed by atoms with Crippen molar-refractivity contribution in [2.75, 3.05) is 19.6 Å². The molecular weight excluding hydrogens is 359 g/mol. The molecule has 146 valence electrons. The number of benzene rings is 2. The second-order valence-corrected chi connectivity index (χ2v) is 6.35. The minimum atomic E-state index is -0.794. The fourth-order valence-corrected chi connectivity index (χ4v) is 3.16. The summed E-state index contributed by atoms with van der Waals surface area (Å²) >= 11 is 0. The summed E-state index contributed by atoms with van der Waals surface area (Å²) < 4.78 is 15.5. The van der Waals surface area contributed by atoms with Crippen LogP contribution < -0.4 is 0 Å². The van der Waals surface area contributed by atoms with Gasteiger partial charge in [-0.1, -0.05) is 44.2 Å². The number of para-hydroxylation sites is 1. The van der Waals surface area contributed by atoms with Crippen molar-refractivity contribution in [1.29, 1.82) is 0 Å². The van der Waals surface area contributed by atoms with Crippen LogP contribution >= 0.6 is 0 Å². The maximum Gasteiger partial charge on any atom is 0.298 e. The molecule has 1 aromatic heterocycles. The van der Waals surface area contributed by atoms with Crippen molar-refractivity contribution in [3.8, 4) is 5.88 Å². The Morgan fingerprint density at radius 3 is 2.50 bits per heavy atom. The zero-order valence-corrected chi connectivity index (χ0v) is 16.0. The van der Waals surface area contributed by atoms with E-state index in [1.54, 1.807) is 10.6 Å². The van der Waals surface area contributed by atoms with E-state index < -0.39 is 11.7 Å². The fraction of sp³-hybridized carbons (Fsp3) is 0.286. The van der Waals surface area contributed by atoms with Crippen molar-refractivity contribution < 1.29 is 14.3 Å². The Hall–Kier alpha value is -3.06. The van der Waals surface area contributed by atoms with Crippen LogP contribution in [0.5, 0.6) is 5.88 Å². The van der Waals surface area contributed by atoms with Gasteiger partial charge in [0.15, 0.2) is 5.69 Å². The Labute approximate surface area is 162 Å². The Morgan fingerprint density at radius 1 is 1.11 bits per heavy atom. The third-order valence-electron chi connectivity index (χ3n) is 4.80. The van der Waals surface area contributed by atoms with Gasteiger partial charge in [0, 0.05) is 18.5 Å². The minimum Gasteiger partial charge on any atom is -0.493 e. The summed E-state index contributed by atoms with van der Waals surface area (Å²) in [5.74, 6) is -1.51. The van der Waals surface area contributed by atoms with E-state index in [0.717, 1.165) is 25.2 Å². The lowest BCUT2D eigenvalue weighted by atomic mass is 10.2. The first kappa shape index (κ1) is 19.7. The Balaban J connectivity index is 1.94. The van der Waals surface area contributed by atoms with Crippen molar-refractivity contribution in [3.63, 3.8) is 0 Å². The van der Waals surface area contributed by atoms with Gasteiger partial charge >= 0.3 is 0 Å². The van der Waals surface area contributed by atoms with Gasteiger partial charge in [0.2, 0.25) is 5.88 Å². The number of aromatic hydroxyl groups is 1. The number of aromatic nitrogens is 1. The lowest BCUT2D eigenvalue weighted by Crippen LogP contribution is -2.26. The largest absolute Gasteiger partial charge is 0.493 e. The highest BCUT2D eigenvalue weighted by Gasteiger charge is 2.18. The van der Waals surface area contributed by atoms with Crippen LogP contribution in [0.15, 0.2) is 58.8 Å². The predicted octanol–water partition coefficient (Wildman–Crippen LogP) is 4.75. The smallest absolute Gasteiger partial charge is 0.298 e. The normalized spacial score (nSPS) is 11.7. The molecule has 0 unspecified atom stereocenters. The number of halogens is 1. The SMILES string of the molecule is CCN(CC)CCn1c(O)c(N=NC(=O)c2ccccc2F)c2ccccc21. The first-order valence-corrected chi connectivity index (χ1v) is 9.29. The molecule has 0 aliphatic heterocycles. The Bertz CT molecular complexity index is 1010. The lowest BCUT2D eigenvalue weighted by Gasteiger charge is -2.18. The summed E-state index contributed by atoms with van der Waals surface area (Å²) in [6.45, 7) is 7.35. The summed E-state index contributed by atoms with van der Waals surface area (Å²) in [5, 5.41) is 19.0. The maximum atomic E-state index is 13.8. The molecule has 0 bridgehead atoms. The Kier molecular flexibility index (Phi) is 6.16. The number of carbonyl (C=O) groups excluding carboxylic acids is 1. The lowest BCUT2D eigenvalue weighted by molar-refractivity contribution is 0.0991. The van der Waals surface area contributed by atoms with Gasteiger partial charge < -0.3 is 14.6 Å². The number of nitrogens with zero attached hydrogens (tertiary/aromatic N) is 4. The van der Waals surface area contributed by atoms with E-state index >= 15 is 0 Å². The van der Waals surface area contributed by atoms with Crippen LogP contribution in [-0.4, -0.2) is 40.1 Å². The molecule has 3 rings (SSSR count). The zero-order chi connectivity index (χ0) is 20.1. The van der Waals surface area contributed by atoms with Gasteiger partial charge in [0.25, 0.3) is 5.91 Å². The molecule has 1 heterocycles. The Morgan fingerprint density at radius 2 is 1.79 bits per heavy atom. The molecule has 1 amide bonds. The number of hydrogen-bond acceptors (Lipinski definition) is 4. The van der Waals surface area contributed by atoms with Crippen LogP contribution in [0.1, 0.15) is 24.2 Å². The molecule has 3 aromatic rings. The van der Waals surface area contributed by atoms with Crippen LogP contribution in [0.3, 0.4) is 0 Å². The quantitative estimate of drug-likeness (QED) is 0.599. The predicted molar refractivity (Wildman–Crippen MR) is 107 cm³/mol. The molecule has 0 aliphatic carbocycles. The van der Waals surface area contributed by atoms with E-state index in [4.69, 9.17) is 0 Å². The van der Waals surface area contributed by atoms with Crippen LogP contribution in [0.2, 0.25) is 0 Å². The summed E-state index contributed by atoms with van der Waals surface area (Å²) in [6, 6.07) is 13.0. The number of hydrogen-bond donors (Lipinski definition) is 1. The number of fused-ring (bicyclic) bond motifs is 1. The molecule has 2 aromatic carbocycles. The first-order valence-electron chi connectivity index (χ1n) is 9.29. The first-order chi connectivity index (χ1) is 13.6. The number of carbonyl (C=O) groups is 1. The minimum absolute atomic E-state index is 0.0570. The van der Waals surface area contributed by atoms with E-state index in [1.165, 1.54) is 18.2 Å². The molecule has 0 atom stereocenters. The van der Waals surface area contributed by atoms with Crippen molar-refractivity contribution in [2.24, 2.45) is 10.2 Å². The molecule has 6 nitrogen and oxygen atoms in total. The van der Waals surface area contributed by atoms with Crippen molar-refractivity contribution in [1.82, 2.24) is 9.47 Å². The van der Waals surface area contributed by atoms with E-state index in [1.807, 2.05) is 24.3 Å². The van der Waals surface area contributed by atoms with Crippen molar-refractivity contribution >= 4 is 22.5 Å². The molecule has 0 fully saturated rings. The number of rotatable bonds is 7. The monoisotopic (exact) mass is 382 g/mol. The highest BCUT2D eigenvalue weighted by molar-refractivity contribution is 5.97. The molecule has 0 radical (unpaired) electrons. The average molecular weight is 382 g/mol. The van der Waals surface area contributed by atoms with Crippen LogP contribution in [0, 0.1) is 5.82 Å².